The van der Waals surface area contributed by atoms with E-state index in [1.807, 2.05) is 0 Å². The van der Waals surface area contributed by atoms with Gasteiger partial charge in [-0.25, -0.2) is 0 Å². The average Bonchev–Trinajstić information content (AvgIpc) is 1.87. The van der Waals surface area contributed by atoms with Crippen LogP contribution in [0.3, 0.4) is 0 Å². The number of unbranched alkanes of at least 4 members (excludes halogenated alkanes) is 3. The maximum Gasteiger partial charge on any atom is -0.0347 e. The second-order valence-corrected chi connectivity index (χ2v) is 2.80. The zero-order valence-electron chi connectivity index (χ0n) is 7.06. The zero-order valence-corrected chi connectivity index (χ0v) is 7.06. The van der Waals surface area contributed by atoms with E-state index in [-0.39, 0.29) is 0 Å². The van der Waals surface area contributed by atoms with Gasteiger partial charge < -0.3 is 0 Å². The van der Waals surface area contributed by atoms with E-state index in [2.05, 4.69) is 19.9 Å². The van der Waals surface area contributed by atoms with Crippen LogP contribution >= 0.6 is 0 Å². The Hall–Kier alpha value is -0.520. The van der Waals surface area contributed by atoms with Gasteiger partial charge in [0, 0.05) is 0 Å². The molecule has 0 saturated carbocycles. The van der Waals surface area contributed by atoms with Gasteiger partial charge in [0.1, 0.15) is 0 Å². The topological polar surface area (TPSA) is 0 Å². The van der Waals surface area contributed by atoms with Gasteiger partial charge >= 0.3 is 0 Å². The molecule has 0 nitrogen and oxygen atoms in total. The van der Waals surface area contributed by atoms with Crippen LogP contribution in [0.15, 0.2) is 17.7 Å². The van der Waals surface area contributed by atoms with Gasteiger partial charge in [-0.15, -0.1) is 0 Å². The van der Waals surface area contributed by atoms with Gasteiger partial charge in [-0.05, 0) is 39.5 Å². The predicted molar refractivity (Wildman–Crippen MR) is 46.8 cm³/mol. The molecule has 0 N–H and O–H groups in total. The Morgan fingerprint density at radius 2 is 1.80 bits per heavy atom. The highest BCUT2D eigenvalue weighted by atomic mass is 13.9. The summed E-state index contributed by atoms with van der Waals surface area (Å²) < 4.78 is 0. The Morgan fingerprint density at radius 1 is 1.20 bits per heavy atom. The molecule has 0 amide bonds. The summed E-state index contributed by atoms with van der Waals surface area (Å²) in [5, 5.41) is 0. The summed E-state index contributed by atoms with van der Waals surface area (Å²) in [4.78, 5) is 0. The molecular weight excluding hydrogens is 120 g/mol. The Labute approximate surface area is 64.6 Å². The Bertz CT molecular complexity index is 105. The van der Waals surface area contributed by atoms with Crippen molar-refractivity contribution in [3.8, 4) is 0 Å². The van der Waals surface area contributed by atoms with Crippen molar-refractivity contribution in [1.29, 1.82) is 0 Å². The molecule has 0 aromatic rings. The smallest absolute Gasteiger partial charge is 0.0347 e. The van der Waals surface area contributed by atoms with Gasteiger partial charge in [-0.2, -0.15) is 0 Å². The van der Waals surface area contributed by atoms with Gasteiger partial charge in [0.05, 0.1) is 0 Å². The first-order chi connectivity index (χ1) is 4.77. The summed E-state index contributed by atoms with van der Waals surface area (Å²) in [5.74, 6) is 0. The molecule has 0 rings (SSSR count). The molecule has 0 heterocycles. The maximum absolute atomic E-state index is 5.23. The molecule has 0 aliphatic carbocycles. The average molecular weight is 137 g/mol. The van der Waals surface area contributed by atoms with Gasteiger partial charge in [0.2, 0.25) is 0 Å². The fourth-order valence-corrected chi connectivity index (χ4v) is 0.797. The van der Waals surface area contributed by atoms with Crippen molar-refractivity contribution in [1.82, 2.24) is 0 Å². The van der Waals surface area contributed by atoms with Gasteiger partial charge in [0.15, 0.2) is 0 Å². The van der Waals surface area contributed by atoms with Crippen molar-refractivity contribution in [3.63, 3.8) is 0 Å². The minimum absolute atomic E-state index is 1.05. The van der Waals surface area contributed by atoms with Crippen LogP contribution in [0.4, 0.5) is 0 Å². The highest BCUT2D eigenvalue weighted by Crippen LogP contribution is 2.02. The van der Waals surface area contributed by atoms with E-state index in [9.17, 15) is 0 Å². The molecule has 10 heavy (non-hydrogen) atoms. The first kappa shape index (κ1) is 9.48. The lowest BCUT2D eigenvalue weighted by Crippen LogP contribution is -1.72. The SMILES string of the molecule is [CH]=CCCCCC=C(C)C. The highest BCUT2D eigenvalue weighted by molar-refractivity contribution is 4.92. The third-order valence-electron chi connectivity index (χ3n) is 1.38. The van der Waals surface area contributed by atoms with Crippen molar-refractivity contribution < 1.29 is 0 Å². The van der Waals surface area contributed by atoms with E-state index in [1.54, 1.807) is 6.08 Å². The summed E-state index contributed by atoms with van der Waals surface area (Å²) in [6.07, 6.45) is 8.75. The van der Waals surface area contributed by atoms with Gasteiger partial charge in [-0.3, -0.25) is 0 Å². The second kappa shape index (κ2) is 6.60. The summed E-state index contributed by atoms with van der Waals surface area (Å²) in [5.41, 5.74) is 1.41. The van der Waals surface area contributed by atoms with Gasteiger partial charge in [-0.1, -0.05) is 24.3 Å². The molecule has 0 saturated heterocycles. The molecule has 0 heteroatoms. The van der Waals surface area contributed by atoms with Crippen LogP contribution in [0, 0.1) is 6.58 Å². The van der Waals surface area contributed by atoms with Crippen molar-refractivity contribution in [2.45, 2.75) is 39.5 Å². The quantitative estimate of drug-likeness (QED) is 0.402. The molecule has 0 unspecified atom stereocenters. The molecule has 0 aliphatic heterocycles. The van der Waals surface area contributed by atoms with Crippen LogP contribution < -0.4 is 0 Å². The third kappa shape index (κ3) is 7.48. The number of allylic oxidation sites excluding steroid dienone is 3. The minimum Gasteiger partial charge on any atom is -0.0859 e. The minimum atomic E-state index is 1.05. The fourth-order valence-electron chi connectivity index (χ4n) is 0.797. The van der Waals surface area contributed by atoms with Crippen molar-refractivity contribution in [3.05, 3.63) is 24.3 Å². The molecule has 0 aliphatic rings. The van der Waals surface area contributed by atoms with Crippen molar-refractivity contribution in [2.75, 3.05) is 0 Å². The van der Waals surface area contributed by atoms with Crippen molar-refractivity contribution >= 4 is 0 Å². The summed E-state index contributed by atoms with van der Waals surface area (Å²) in [6, 6.07) is 0. The summed E-state index contributed by atoms with van der Waals surface area (Å²) in [7, 11) is 0. The van der Waals surface area contributed by atoms with E-state index in [0.717, 1.165) is 6.42 Å². The Kier molecular flexibility index (Phi) is 6.25. The molecule has 0 atom stereocenters. The summed E-state index contributed by atoms with van der Waals surface area (Å²) in [6.45, 7) is 9.50. The van der Waals surface area contributed by atoms with E-state index in [4.69, 9.17) is 6.58 Å². The predicted octanol–water partition coefficient (Wildman–Crippen LogP) is 3.50. The second-order valence-electron chi connectivity index (χ2n) is 2.80. The molecule has 0 bridgehead atoms. The van der Waals surface area contributed by atoms with Crippen LogP contribution in [0.25, 0.3) is 0 Å². The van der Waals surface area contributed by atoms with Crippen LogP contribution in [0.5, 0.6) is 0 Å². The number of hydrogen-bond acceptors (Lipinski definition) is 0. The normalized spacial score (nSPS) is 9.00. The Morgan fingerprint density at radius 3 is 2.30 bits per heavy atom. The highest BCUT2D eigenvalue weighted by Gasteiger charge is 1.82. The first-order valence-electron chi connectivity index (χ1n) is 3.94. The molecular formula is C10H17. The summed E-state index contributed by atoms with van der Waals surface area (Å²) >= 11 is 0. The van der Waals surface area contributed by atoms with E-state index < -0.39 is 0 Å². The number of hydrogen-bond donors (Lipinski definition) is 0. The first-order valence-corrected chi connectivity index (χ1v) is 3.94. The standard InChI is InChI=1S/C10H17/c1-4-5-6-7-8-9-10(2)3/h1,4,9H,5-8H2,2-3H3. The molecule has 0 aromatic heterocycles. The van der Waals surface area contributed by atoms with E-state index >= 15 is 0 Å². The molecule has 0 aromatic carbocycles. The monoisotopic (exact) mass is 137 g/mol. The zero-order chi connectivity index (χ0) is 7.82. The lowest BCUT2D eigenvalue weighted by molar-refractivity contribution is 0.760. The number of rotatable bonds is 5. The van der Waals surface area contributed by atoms with Gasteiger partial charge in [0.25, 0.3) is 0 Å². The fraction of sp³-hybridized carbons (Fsp3) is 0.600. The molecule has 0 spiro atoms. The lowest BCUT2D eigenvalue weighted by Gasteiger charge is -1.92. The largest absolute Gasteiger partial charge is 0.0859 e. The van der Waals surface area contributed by atoms with Crippen molar-refractivity contribution in [2.24, 2.45) is 0 Å². The lowest BCUT2D eigenvalue weighted by atomic mass is 10.1. The van der Waals surface area contributed by atoms with E-state index in [0.29, 0.717) is 0 Å². The van der Waals surface area contributed by atoms with Crippen LogP contribution in [0.1, 0.15) is 39.5 Å². The molecule has 1 radical (unpaired) electrons. The molecule has 57 valence electrons. The van der Waals surface area contributed by atoms with Crippen LogP contribution in [0.2, 0.25) is 0 Å². The molecule has 0 fully saturated rings. The van der Waals surface area contributed by atoms with Crippen LogP contribution in [-0.2, 0) is 0 Å². The van der Waals surface area contributed by atoms with E-state index in [1.165, 1.54) is 24.8 Å². The maximum atomic E-state index is 5.23. The Balaban J connectivity index is 3.05. The van der Waals surface area contributed by atoms with Crippen LogP contribution in [-0.4, -0.2) is 0 Å². The third-order valence-corrected chi connectivity index (χ3v) is 1.38.